The lowest BCUT2D eigenvalue weighted by Crippen LogP contribution is -2.31. The van der Waals surface area contributed by atoms with Gasteiger partial charge in [0.1, 0.15) is 11.5 Å². The molecule has 1 aliphatic heterocycles. The molecule has 1 unspecified atom stereocenters. The minimum Gasteiger partial charge on any atom is -0.507 e. The van der Waals surface area contributed by atoms with Gasteiger partial charge in [0.25, 0.3) is 11.7 Å². The van der Waals surface area contributed by atoms with E-state index in [1.165, 1.54) is 4.90 Å². The lowest BCUT2D eigenvalue weighted by atomic mass is 9.95. The zero-order valence-corrected chi connectivity index (χ0v) is 18.3. The van der Waals surface area contributed by atoms with Crippen LogP contribution in [0.3, 0.4) is 0 Å². The van der Waals surface area contributed by atoms with E-state index in [1.807, 2.05) is 20.8 Å². The number of aliphatic hydroxyl groups is 1. The number of benzene rings is 1. The van der Waals surface area contributed by atoms with Gasteiger partial charge in [-0.2, -0.15) is 0 Å². The van der Waals surface area contributed by atoms with Crippen LogP contribution in [0.2, 0.25) is 0 Å². The van der Waals surface area contributed by atoms with Crippen LogP contribution < -0.4 is 4.74 Å². The molecule has 1 atom stereocenters. The number of methoxy groups -OCH3 is 1. The van der Waals surface area contributed by atoms with E-state index in [0.29, 0.717) is 36.4 Å². The van der Waals surface area contributed by atoms with Crippen LogP contribution in [0, 0.1) is 6.92 Å². The van der Waals surface area contributed by atoms with E-state index in [4.69, 9.17) is 9.47 Å². The number of pyridine rings is 1. The van der Waals surface area contributed by atoms with Crippen LogP contribution in [-0.4, -0.2) is 53.0 Å². The highest BCUT2D eigenvalue weighted by atomic mass is 16.5. The first-order valence-corrected chi connectivity index (χ1v) is 10.3. The number of likely N-dealkylation sites (tertiary alicyclic amines) is 1. The highest BCUT2D eigenvalue weighted by Gasteiger charge is 2.45. The number of hydrogen-bond acceptors (Lipinski definition) is 6. The number of Topliss-reactive ketones (excluding diaryl/α,β-unsaturated/α-hetero) is 1. The van der Waals surface area contributed by atoms with Crippen molar-refractivity contribution in [3.8, 4) is 5.75 Å². The molecule has 1 N–H and O–H groups in total. The van der Waals surface area contributed by atoms with Gasteiger partial charge in [0.15, 0.2) is 0 Å². The Morgan fingerprint density at radius 2 is 2.03 bits per heavy atom. The summed E-state index contributed by atoms with van der Waals surface area (Å²) in [6.07, 6.45) is 3.82. The summed E-state index contributed by atoms with van der Waals surface area (Å²) in [5.74, 6) is -0.845. The predicted octanol–water partition coefficient (Wildman–Crippen LogP) is 3.64. The third-order valence-corrected chi connectivity index (χ3v) is 5.10. The summed E-state index contributed by atoms with van der Waals surface area (Å²) >= 11 is 0. The summed E-state index contributed by atoms with van der Waals surface area (Å²) in [6.45, 7) is 6.53. The third-order valence-electron chi connectivity index (χ3n) is 5.10. The maximum Gasteiger partial charge on any atom is 0.295 e. The fourth-order valence-corrected chi connectivity index (χ4v) is 3.71. The molecule has 1 aromatic heterocycles. The van der Waals surface area contributed by atoms with Gasteiger partial charge in [-0.3, -0.25) is 14.6 Å². The maximum atomic E-state index is 13.0. The molecule has 31 heavy (non-hydrogen) atoms. The summed E-state index contributed by atoms with van der Waals surface area (Å²) < 4.78 is 10.9. The van der Waals surface area contributed by atoms with Crippen molar-refractivity contribution in [2.75, 3.05) is 20.3 Å². The van der Waals surface area contributed by atoms with Crippen LogP contribution >= 0.6 is 0 Å². The number of rotatable bonds is 8. The summed E-state index contributed by atoms with van der Waals surface area (Å²) in [4.78, 5) is 31.4. The largest absolute Gasteiger partial charge is 0.507 e. The normalized spacial score (nSPS) is 18.1. The zero-order valence-electron chi connectivity index (χ0n) is 18.3. The lowest BCUT2D eigenvalue weighted by molar-refractivity contribution is -0.140. The molecule has 1 aromatic carbocycles. The first-order chi connectivity index (χ1) is 14.8. The van der Waals surface area contributed by atoms with Gasteiger partial charge in [-0.25, -0.2) is 0 Å². The Morgan fingerprint density at radius 1 is 1.26 bits per heavy atom. The molecule has 164 valence electrons. The van der Waals surface area contributed by atoms with Crippen LogP contribution in [0.25, 0.3) is 5.76 Å². The zero-order chi connectivity index (χ0) is 22.5. The Kier molecular flexibility index (Phi) is 7.07. The van der Waals surface area contributed by atoms with Crippen LogP contribution in [0.5, 0.6) is 5.75 Å². The molecule has 7 heteroatoms. The number of carbonyl (C=O) groups is 2. The first kappa shape index (κ1) is 22.5. The minimum absolute atomic E-state index is 0.0150. The highest BCUT2D eigenvalue weighted by molar-refractivity contribution is 6.46. The van der Waals surface area contributed by atoms with Crippen molar-refractivity contribution in [3.05, 3.63) is 65.0 Å². The molecule has 2 heterocycles. The average Bonchev–Trinajstić information content (AvgIpc) is 3.00. The van der Waals surface area contributed by atoms with Crippen molar-refractivity contribution in [1.82, 2.24) is 9.88 Å². The Bertz CT molecular complexity index is 985. The molecule has 0 saturated carbocycles. The van der Waals surface area contributed by atoms with Gasteiger partial charge >= 0.3 is 0 Å². The smallest absolute Gasteiger partial charge is 0.295 e. The molecular weight excluding hydrogens is 396 g/mol. The van der Waals surface area contributed by atoms with Gasteiger partial charge in [0.2, 0.25) is 0 Å². The third kappa shape index (κ3) is 4.77. The predicted molar refractivity (Wildman–Crippen MR) is 117 cm³/mol. The summed E-state index contributed by atoms with van der Waals surface area (Å²) in [5.41, 5.74) is 2.01. The average molecular weight is 424 g/mol. The minimum atomic E-state index is -0.711. The van der Waals surface area contributed by atoms with Gasteiger partial charge in [-0.05, 0) is 62.6 Å². The van der Waals surface area contributed by atoms with E-state index in [9.17, 15) is 14.7 Å². The van der Waals surface area contributed by atoms with Gasteiger partial charge in [-0.1, -0.05) is 6.07 Å². The maximum absolute atomic E-state index is 13.0. The topological polar surface area (TPSA) is 89.0 Å². The Hall–Kier alpha value is -3.19. The van der Waals surface area contributed by atoms with E-state index >= 15 is 0 Å². The van der Waals surface area contributed by atoms with E-state index in [1.54, 1.807) is 49.8 Å². The molecule has 1 saturated heterocycles. The van der Waals surface area contributed by atoms with Crippen molar-refractivity contribution in [1.29, 1.82) is 0 Å². The monoisotopic (exact) mass is 424 g/mol. The molecule has 1 amide bonds. The molecule has 7 nitrogen and oxygen atoms in total. The molecule has 0 bridgehead atoms. The number of nitrogens with zero attached hydrogens (tertiary/aromatic N) is 2. The van der Waals surface area contributed by atoms with Crippen LogP contribution in [0.15, 0.2) is 48.3 Å². The van der Waals surface area contributed by atoms with Crippen LogP contribution in [-0.2, 0) is 14.3 Å². The second kappa shape index (κ2) is 9.75. The van der Waals surface area contributed by atoms with Gasteiger partial charge in [0, 0.05) is 38.2 Å². The molecule has 0 radical (unpaired) electrons. The number of hydrogen-bond donors (Lipinski definition) is 1. The lowest BCUT2D eigenvalue weighted by Gasteiger charge is -2.25. The molecule has 0 aliphatic carbocycles. The summed E-state index contributed by atoms with van der Waals surface area (Å²) in [7, 11) is 1.59. The molecule has 1 fully saturated rings. The highest BCUT2D eigenvalue weighted by Crippen LogP contribution is 2.39. The molecule has 2 aromatic rings. The first-order valence-electron chi connectivity index (χ1n) is 10.3. The SMILES string of the molecule is COCCCN1C(=O)C(=O)/C(=C(/O)c2ccc(OC(C)C)c(C)c2)C1c1cccnc1. The standard InChI is InChI=1S/C24H28N2O5/c1-15(2)31-19-9-8-17(13-16(19)3)22(27)20-21(18-7-5-10-25-14-18)26(11-6-12-30-4)24(29)23(20)28/h5,7-10,13-15,21,27H,6,11-12H2,1-4H3/b22-20+. The van der Waals surface area contributed by atoms with Gasteiger partial charge in [0.05, 0.1) is 17.7 Å². The second-order valence-corrected chi connectivity index (χ2v) is 7.77. The quantitative estimate of drug-likeness (QED) is 0.301. The van der Waals surface area contributed by atoms with E-state index in [2.05, 4.69) is 4.98 Å². The molecule has 1 aliphatic rings. The summed E-state index contributed by atoms with van der Waals surface area (Å²) in [6, 6.07) is 8.04. The number of aromatic nitrogens is 1. The van der Waals surface area contributed by atoms with E-state index in [-0.39, 0.29) is 17.4 Å². The van der Waals surface area contributed by atoms with Crippen molar-refractivity contribution in [3.63, 3.8) is 0 Å². The van der Waals surface area contributed by atoms with Crippen molar-refractivity contribution < 1.29 is 24.2 Å². The Morgan fingerprint density at radius 3 is 2.65 bits per heavy atom. The number of amides is 1. The number of aliphatic hydroxyl groups excluding tert-OH is 1. The number of carbonyl (C=O) groups excluding carboxylic acids is 2. The van der Waals surface area contributed by atoms with E-state index in [0.717, 1.165) is 5.56 Å². The van der Waals surface area contributed by atoms with E-state index < -0.39 is 17.7 Å². The van der Waals surface area contributed by atoms with Crippen molar-refractivity contribution in [2.24, 2.45) is 0 Å². The van der Waals surface area contributed by atoms with Crippen LogP contribution in [0.1, 0.15) is 43.0 Å². The molecular formula is C24H28N2O5. The Labute approximate surface area is 182 Å². The fourth-order valence-electron chi connectivity index (χ4n) is 3.71. The molecule has 0 spiro atoms. The van der Waals surface area contributed by atoms with Crippen molar-refractivity contribution in [2.45, 2.75) is 39.3 Å². The second-order valence-electron chi connectivity index (χ2n) is 7.77. The fraction of sp³-hybridized carbons (Fsp3) is 0.375. The number of aryl methyl sites for hydroxylation is 1. The number of ketones is 1. The van der Waals surface area contributed by atoms with Crippen LogP contribution in [0.4, 0.5) is 0 Å². The molecule has 3 rings (SSSR count). The van der Waals surface area contributed by atoms with Gasteiger partial charge in [-0.15, -0.1) is 0 Å². The van der Waals surface area contributed by atoms with Crippen molar-refractivity contribution >= 4 is 17.4 Å². The summed E-state index contributed by atoms with van der Waals surface area (Å²) in [5, 5.41) is 11.1. The Balaban J connectivity index is 2.07. The van der Waals surface area contributed by atoms with Gasteiger partial charge < -0.3 is 19.5 Å². The number of ether oxygens (including phenoxy) is 2.